The molecule has 25 heavy (non-hydrogen) atoms. The molecule has 0 bridgehead atoms. The number of fused-ring (bicyclic) bond motifs is 1. The van der Waals surface area contributed by atoms with Gasteiger partial charge in [0.2, 0.25) is 5.91 Å². The first-order valence-electron chi connectivity index (χ1n) is 7.88. The van der Waals surface area contributed by atoms with Crippen LogP contribution in [0.2, 0.25) is 0 Å². The number of imidazole rings is 1. The lowest BCUT2D eigenvalue weighted by atomic mass is 10.1. The molecule has 0 radical (unpaired) electrons. The Kier molecular flexibility index (Phi) is 4.52. The van der Waals surface area contributed by atoms with Gasteiger partial charge in [0.15, 0.2) is 0 Å². The Morgan fingerprint density at radius 2 is 2.00 bits per heavy atom. The molecule has 0 saturated carbocycles. The fourth-order valence-corrected chi connectivity index (χ4v) is 2.71. The van der Waals surface area contributed by atoms with Crippen LogP contribution in [-0.2, 0) is 23.0 Å². The van der Waals surface area contributed by atoms with E-state index in [0.717, 1.165) is 22.4 Å². The maximum atomic E-state index is 12.3. The standard InChI is InChI=1S/C19H19N3O3/c1-12-20-16-9-13(7-8-17(16)22(12)2)10-18(23)21-15-6-4-5-14(11-15)19(24)25-3/h4-9,11H,10H2,1-3H3,(H,21,23). The van der Waals surface area contributed by atoms with Gasteiger partial charge in [-0.25, -0.2) is 9.78 Å². The average molecular weight is 337 g/mol. The second-order valence-electron chi connectivity index (χ2n) is 5.84. The van der Waals surface area contributed by atoms with Crippen molar-refractivity contribution < 1.29 is 14.3 Å². The highest BCUT2D eigenvalue weighted by Crippen LogP contribution is 2.17. The molecule has 0 fully saturated rings. The van der Waals surface area contributed by atoms with Crippen molar-refractivity contribution in [3.05, 3.63) is 59.4 Å². The number of anilines is 1. The number of hydrogen-bond donors (Lipinski definition) is 1. The SMILES string of the molecule is COC(=O)c1cccc(NC(=O)Cc2ccc3c(c2)nc(C)n3C)c1. The van der Waals surface area contributed by atoms with Gasteiger partial charge in [0.1, 0.15) is 5.82 Å². The summed E-state index contributed by atoms with van der Waals surface area (Å²) < 4.78 is 6.70. The number of carbonyl (C=O) groups is 2. The number of amides is 1. The number of carbonyl (C=O) groups excluding carboxylic acids is 2. The summed E-state index contributed by atoms with van der Waals surface area (Å²) in [4.78, 5) is 28.3. The monoisotopic (exact) mass is 337 g/mol. The average Bonchev–Trinajstić information content (AvgIpc) is 2.88. The normalized spacial score (nSPS) is 10.7. The number of esters is 1. The van der Waals surface area contributed by atoms with Gasteiger partial charge < -0.3 is 14.6 Å². The van der Waals surface area contributed by atoms with E-state index >= 15 is 0 Å². The van der Waals surface area contributed by atoms with Crippen molar-refractivity contribution in [3.63, 3.8) is 0 Å². The summed E-state index contributed by atoms with van der Waals surface area (Å²) in [6.45, 7) is 1.95. The third-order valence-corrected chi connectivity index (χ3v) is 4.10. The Balaban J connectivity index is 1.73. The van der Waals surface area contributed by atoms with Crippen molar-refractivity contribution >= 4 is 28.6 Å². The topological polar surface area (TPSA) is 73.2 Å². The predicted octanol–water partition coefficient (Wildman–Crippen LogP) is 2.85. The van der Waals surface area contributed by atoms with E-state index in [0.29, 0.717) is 11.3 Å². The lowest BCUT2D eigenvalue weighted by molar-refractivity contribution is -0.115. The molecule has 3 rings (SSSR count). The third-order valence-electron chi connectivity index (χ3n) is 4.10. The van der Waals surface area contributed by atoms with Crippen LogP contribution in [0.25, 0.3) is 11.0 Å². The molecular formula is C19H19N3O3. The second-order valence-corrected chi connectivity index (χ2v) is 5.84. The number of nitrogens with zero attached hydrogens (tertiary/aromatic N) is 2. The summed E-state index contributed by atoms with van der Waals surface area (Å²) in [6.07, 6.45) is 0.230. The summed E-state index contributed by atoms with van der Waals surface area (Å²) in [5.74, 6) is 0.331. The molecule has 6 heteroatoms. The molecule has 1 aromatic heterocycles. The van der Waals surface area contributed by atoms with E-state index in [-0.39, 0.29) is 12.3 Å². The van der Waals surface area contributed by atoms with Crippen LogP contribution in [-0.4, -0.2) is 28.5 Å². The molecule has 0 aliphatic carbocycles. The van der Waals surface area contributed by atoms with Crippen molar-refractivity contribution in [2.24, 2.45) is 7.05 Å². The van der Waals surface area contributed by atoms with Gasteiger partial charge in [-0.3, -0.25) is 4.79 Å². The van der Waals surface area contributed by atoms with Gasteiger partial charge in [0.05, 0.1) is 30.1 Å². The van der Waals surface area contributed by atoms with E-state index < -0.39 is 5.97 Å². The molecule has 6 nitrogen and oxygen atoms in total. The van der Waals surface area contributed by atoms with Crippen LogP contribution >= 0.6 is 0 Å². The van der Waals surface area contributed by atoms with E-state index in [1.807, 2.05) is 36.7 Å². The summed E-state index contributed by atoms with van der Waals surface area (Å²) >= 11 is 0. The van der Waals surface area contributed by atoms with Crippen molar-refractivity contribution in [2.45, 2.75) is 13.3 Å². The molecule has 0 aliphatic heterocycles. The summed E-state index contributed by atoms with van der Waals surface area (Å²) in [6, 6.07) is 12.5. The molecule has 0 unspecified atom stereocenters. The van der Waals surface area contributed by atoms with Crippen LogP contribution in [0.5, 0.6) is 0 Å². The Morgan fingerprint density at radius 3 is 2.76 bits per heavy atom. The number of ether oxygens (including phenoxy) is 1. The number of nitrogens with one attached hydrogen (secondary N) is 1. The summed E-state index contributed by atoms with van der Waals surface area (Å²) in [7, 11) is 3.29. The minimum atomic E-state index is -0.438. The van der Waals surface area contributed by atoms with Crippen molar-refractivity contribution in [1.82, 2.24) is 9.55 Å². The fraction of sp³-hybridized carbons (Fsp3) is 0.211. The number of rotatable bonds is 4. The molecule has 1 heterocycles. The van der Waals surface area contributed by atoms with Gasteiger partial charge in [0.25, 0.3) is 0 Å². The Hall–Kier alpha value is -3.15. The molecule has 0 aliphatic rings. The fourth-order valence-electron chi connectivity index (χ4n) is 2.71. The van der Waals surface area contributed by atoms with Crippen LogP contribution in [0.1, 0.15) is 21.7 Å². The van der Waals surface area contributed by atoms with Gasteiger partial charge in [-0.15, -0.1) is 0 Å². The zero-order chi connectivity index (χ0) is 18.0. The second kappa shape index (κ2) is 6.76. The first-order chi connectivity index (χ1) is 12.0. The number of benzene rings is 2. The minimum absolute atomic E-state index is 0.158. The highest BCUT2D eigenvalue weighted by Gasteiger charge is 2.10. The Labute approximate surface area is 145 Å². The predicted molar refractivity (Wildman–Crippen MR) is 95.6 cm³/mol. The van der Waals surface area contributed by atoms with Gasteiger partial charge in [-0.05, 0) is 42.8 Å². The summed E-state index contributed by atoms with van der Waals surface area (Å²) in [5.41, 5.74) is 3.74. The van der Waals surface area contributed by atoms with Gasteiger partial charge in [-0.2, -0.15) is 0 Å². The molecule has 0 saturated heterocycles. The van der Waals surface area contributed by atoms with E-state index in [1.165, 1.54) is 7.11 Å². The van der Waals surface area contributed by atoms with Crippen molar-refractivity contribution in [3.8, 4) is 0 Å². The van der Waals surface area contributed by atoms with Gasteiger partial charge in [0, 0.05) is 12.7 Å². The van der Waals surface area contributed by atoms with Crippen LogP contribution < -0.4 is 5.32 Å². The third kappa shape index (κ3) is 3.52. The molecule has 3 aromatic rings. The number of methoxy groups -OCH3 is 1. The smallest absolute Gasteiger partial charge is 0.337 e. The molecule has 1 N–H and O–H groups in total. The number of aryl methyl sites for hydroxylation is 2. The van der Waals surface area contributed by atoms with Gasteiger partial charge >= 0.3 is 5.97 Å². The molecular weight excluding hydrogens is 318 g/mol. The van der Waals surface area contributed by atoms with Crippen LogP contribution in [0, 0.1) is 6.92 Å². The number of aromatic nitrogens is 2. The molecule has 0 atom stereocenters. The van der Waals surface area contributed by atoms with Gasteiger partial charge in [-0.1, -0.05) is 12.1 Å². The first-order valence-corrected chi connectivity index (χ1v) is 7.88. The van der Waals surface area contributed by atoms with E-state index in [2.05, 4.69) is 15.0 Å². The molecule has 2 aromatic carbocycles. The van der Waals surface area contributed by atoms with Crippen LogP contribution in [0.4, 0.5) is 5.69 Å². The zero-order valence-electron chi connectivity index (χ0n) is 14.4. The molecule has 1 amide bonds. The van der Waals surface area contributed by atoms with Crippen LogP contribution in [0.15, 0.2) is 42.5 Å². The lowest BCUT2D eigenvalue weighted by Crippen LogP contribution is -2.15. The van der Waals surface area contributed by atoms with Crippen molar-refractivity contribution in [1.29, 1.82) is 0 Å². The largest absolute Gasteiger partial charge is 0.465 e. The van der Waals surface area contributed by atoms with Crippen molar-refractivity contribution in [2.75, 3.05) is 12.4 Å². The summed E-state index contributed by atoms with van der Waals surface area (Å²) in [5, 5.41) is 2.80. The van der Waals surface area contributed by atoms with E-state index in [4.69, 9.17) is 0 Å². The quantitative estimate of drug-likeness (QED) is 0.743. The zero-order valence-corrected chi connectivity index (χ0v) is 14.4. The highest BCUT2D eigenvalue weighted by molar-refractivity contribution is 5.95. The molecule has 128 valence electrons. The van der Waals surface area contributed by atoms with E-state index in [9.17, 15) is 9.59 Å². The maximum absolute atomic E-state index is 12.3. The van der Waals surface area contributed by atoms with Crippen LogP contribution in [0.3, 0.4) is 0 Å². The lowest BCUT2D eigenvalue weighted by Gasteiger charge is -2.07. The first kappa shape index (κ1) is 16.7. The Bertz CT molecular complexity index is 960. The Morgan fingerprint density at radius 1 is 1.20 bits per heavy atom. The highest BCUT2D eigenvalue weighted by atomic mass is 16.5. The maximum Gasteiger partial charge on any atom is 0.337 e. The molecule has 0 spiro atoms. The van der Waals surface area contributed by atoms with E-state index in [1.54, 1.807) is 24.3 Å². The minimum Gasteiger partial charge on any atom is -0.465 e. The number of hydrogen-bond acceptors (Lipinski definition) is 4.